The summed E-state index contributed by atoms with van der Waals surface area (Å²) in [6.45, 7) is 3.46. The third-order valence-electron chi connectivity index (χ3n) is 5.36. The number of rotatable bonds is 8. The normalized spacial score (nSPS) is 20.5. The van der Waals surface area contributed by atoms with Crippen LogP contribution in [0.2, 0.25) is 0 Å². The molecular weight excluding hydrogens is 352 g/mol. The Morgan fingerprint density at radius 1 is 1.04 bits per heavy atom. The minimum Gasteiger partial charge on any atom is -0.376 e. The molecule has 2 amide bonds. The minimum atomic E-state index is -0.176. The molecule has 0 aromatic heterocycles. The number of amides is 2. The van der Waals surface area contributed by atoms with Gasteiger partial charge in [0.2, 0.25) is 5.91 Å². The van der Waals surface area contributed by atoms with Crippen molar-refractivity contribution in [3.8, 4) is 0 Å². The van der Waals surface area contributed by atoms with E-state index in [9.17, 15) is 9.59 Å². The average molecular weight is 378 g/mol. The van der Waals surface area contributed by atoms with Gasteiger partial charge in [0.15, 0.2) is 0 Å². The Morgan fingerprint density at radius 2 is 1.79 bits per heavy atom. The molecule has 2 saturated carbocycles. The third kappa shape index (κ3) is 4.98. The van der Waals surface area contributed by atoms with Crippen molar-refractivity contribution in [2.45, 2.75) is 32.8 Å². The summed E-state index contributed by atoms with van der Waals surface area (Å²) in [6, 6.07) is 14.7. The summed E-state index contributed by atoms with van der Waals surface area (Å²) in [5.74, 6) is 1.22. The molecule has 0 spiro atoms. The molecule has 2 aliphatic carbocycles. The van der Waals surface area contributed by atoms with E-state index in [-0.39, 0.29) is 17.7 Å². The first kappa shape index (κ1) is 18.7. The Morgan fingerprint density at radius 3 is 2.46 bits per heavy atom. The molecule has 2 aromatic rings. The van der Waals surface area contributed by atoms with Crippen LogP contribution in [0.25, 0.3) is 0 Å². The first-order valence-electron chi connectivity index (χ1n) is 9.97. The van der Waals surface area contributed by atoms with Crippen LogP contribution in [-0.2, 0) is 16.1 Å². The van der Waals surface area contributed by atoms with Gasteiger partial charge in [-0.25, -0.2) is 0 Å². The van der Waals surface area contributed by atoms with Crippen LogP contribution >= 0.6 is 0 Å². The van der Waals surface area contributed by atoms with Crippen LogP contribution < -0.4 is 10.6 Å². The monoisotopic (exact) mass is 378 g/mol. The summed E-state index contributed by atoms with van der Waals surface area (Å²) in [4.78, 5) is 24.5. The number of benzene rings is 2. The summed E-state index contributed by atoms with van der Waals surface area (Å²) in [5.41, 5.74) is 3.06. The molecule has 0 bridgehead atoms. The fraction of sp³-hybridized carbons (Fsp3) is 0.391. The quantitative estimate of drug-likeness (QED) is 0.713. The van der Waals surface area contributed by atoms with Crippen LogP contribution in [-0.4, -0.2) is 18.4 Å². The zero-order valence-corrected chi connectivity index (χ0v) is 16.1. The highest BCUT2D eigenvalue weighted by Crippen LogP contribution is 2.38. The number of hydrogen-bond donors (Lipinski definition) is 2. The third-order valence-corrected chi connectivity index (χ3v) is 5.36. The maximum Gasteiger partial charge on any atom is 0.255 e. The Bertz CT molecular complexity index is 858. The number of nitrogens with one attached hydrogen (secondary N) is 2. The maximum atomic E-state index is 12.5. The van der Waals surface area contributed by atoms with Crippen molar-refractivity contribution in [1.82, 2.24) is 0 Å². The molecule has 2 fully saturated rings. The number of ether oxygens (including phenoxy) is 1. The summed E-state index contributed by atoms with van der Waals surface area (Å²) < 4.78 is 5.71. The first-order valence-corrected chi connectivity index (χ1v) is 9.97. The predicted octanol–water partition coefficient (Wildman–Crippen LogP) is 4.46. The topological polar surface area (TPSA) is 67.4 Å². The van der Waals surface area contributed by atoms with E-state index in [4.69, 9.17) is 4.74 Å². The van der Waals surface area contributed by atoms with Crippen molar-refractivity contribution in [2.24, 2.45) is 17.8 Å². The molecule has 28 heavy (non-hydrogen) atoms. The Kier molecular flexibility index (Phi) is 5.44. The molecule has 0 radical (unpaired) electrons. The summed E-state index contributed by atoms with van der Waals surface area (Å²) in [6.07, 6.45) is 3.51. The highest BCUT2D eigenvalue weighted by Gasteiger charge is 2.39. The average Bonchev–Trinajstić information content (AvgIpc) is 3.60. The molecule has 5 nitrogen and oxygen atoms in total. The van der Waals surface area contributed by atoms with Gasteiger partial charge in [0, 0.05) is 29.5 Å². The lowest BCUT2D eigenvalue weighted by atomic mass is 10.1. The summed E-state index contributed by atoms with van der Waals surface area (Å²) in [5, 5.41) is 5.83. The standard InChI is InChI=1S/C23H26N2O3/c1-15-11-21(15)23(27)24-19-9-7-18(8-10-19)22(26)25-20-4-2-3-17(12-20)14-28-13-16-5-6-16/h2-4,7-10,12,15-16,21H,5-6,11,13-14H2,1H3,(H,24,27)(H,25,26). The Hall–Kier alpha value is -2.66. The fourth-order valence-corrected chi connectivity index (χ4v) is 3.20. The lowest BCUT2D eigenvalue weighted by Gasteiger charge is -2.09. The molecule has 2 unspecified atom stereocenters. The lowest BCUT2D eigenvalue weighted by Crippen LogP contribution is -2.15. The van der Waals surface area contributed by atoms with Crippen LogP contribution in [0.3, 0.4) is 0 Å². The SMILES string of the molecule is CC1CC1C(=O)Nc1ccc(C(=O)Nc2cccc(COCC3CC3)c2)cc1. The van der Waals surface area contributed by atoms with E-state index < -0.39 is 0 Å². The number of carbonyl (C=O) groups excluding carboxylic acids is 2. The second-order valence-corrected chi connectivity index (χ2v) is 8.00. The second-order valence-electron chi connectivity index (χ2n) is 8.00. The van der Waals surface area contributed by atoms with E-state index in [1.165, 1.54) is 12.8 Å². The van der Waals surface area contributed by atoms with Gasteiger partial charge < -0.3 is 15.4 Å². The van der Waals surface area contributed by atoms with Crippen molar-refractivity contribution >= 4 is 23.2 Å². The van der Waals surface area contributed by atoms with Crippen molar-refractivity contribution in [3.05, 3.63) is 59.7 Å². The Balaban J connectivity index is 1.30. The van der Waals surface area contributed by atoms with Crippen LogP contribution in [0, 0.1) is 17.8 Å². The van der Waals surface area contributed by atoms with E-state index >= 15 is 0 Å². The molecule has 146 valence electrons. The van der Waals surface area contributed by atoms with Gasteiger partial charge in [-0.05, 0) is 73.1 Å². The maximum absolute atomic E-state index is 12.5. The molecule has 0 aliphatic heterocycles. The molecule has 4 rings (SSSR count). The van der Waals surface area contributed by atoms with E-state index in [2.05, 4.69) is 17.6 Å². The van der Waals surface area contributed by atoms with Gasteiger partial charge in [-0.2, -0.15) is 0 Å². The van der Waals surface area contributed by atoms with Crippen molar-refractivity contribution in [1.29, 1.82) is 0 Å². The fourth-order valence-electron chi connectivity index (χ4n) is 3.20. The van der Waals surface area contributed by atoms with Gasteiger partial charge in [-0.1, -0.05) is 19.1 Å². The lowest BCUT2D eigenvalue weighted by molar-refractivity contribution is -0.117. The number of hydrogen-bond acceptors (Lipinski definition) is 3. The van der Waals surface area contributed by atoms with E-state index in [1.807, 2.05) is 24.3 Å². The number of carbonyl (C=O) groups is 2. The highest BCUT2D eigenvalue weighted by molar-refractivity contribution is 6.04. The van der Waals surface area contributed by atoms with Crippen LogP contribution in [0.1, 0.15) is 42.1 Å². The summed E-state index contributed by atoms with van der Waals surface area (Å²) in [7, 11) is 0. The van der Waals surface area contributed by atoms with E-state index in [0.29, 0.717) is 18.1 Å². The molecule has 5 heteroatoms. The molecule has 2 atom stereocenters. The summed E-state index contributed by atoms with van der Waals surface area (Å²) >= 11 is 0. The van der Waals surface area contributed by atoms with Crippen molar-refractivity contribution in [2.75, 3.05) is 17.2 Å². The van der Waals surface area contributed by atoms with Crippen LogP contribution in [0.15, 0.2) is 48.5 Å². The van der Waals surface area contributed by atoms with E-state index in [0.717, 1.165) is 35.9 Å². The molecule has 2 N–H and O–H groups in total. The zero-order chi connectivity index (χ0) is 19.5. The highest BCUT2D eigenvalue weighted by atomic mass is 16.5. The zero-order valence-electron chi connectivity index (χ0n) is 16.1. The van der Waals surface area contributed by atoms with Crippen LogP contribution in [0.4, 0.5) is 11.4 Å². The van der Waals surface area contributed by atoms with Gasteiger partial charge in [0.05, 0.1) is 6.61 Å². The molecule has 2 aromatic carbocycles. The van der Waals surface area contributed by atoms with Gasteiger partial charge in [0.1, 0.15) is 0 Å². The molecular formula is C23H26N2O3. The molecule has 2 aliphatic rings. The van der Waals surface area contributed by atoms with E-state index in [1.54, 1.807) is 24.3 Å². The smallest absolute Gasteiger partial charge is 0.255 e. The predicted molar refractivity (Wildman–Crippen MR) is 109 cm³/mol. The second kappa shape index (κ2) is 8.15. The van der Waals surface area contributed by atoms with Gasteiger partial charge in [0.25, 0.3) is 5.91 Å². The molecule has 0 heterocycles. The van der Waals surface area contributed by atoms with Gasteiger partial charge in [-0.15, -0.1) is 0 Å². The number of anilines is 2. The van der Waals surface area contributed by atoms with Crippen molar-refractivity contribution < 1.29 is 14.3 Å². The van der Waals surface area contributed by atoms with Gasteiger partial charge in [-0.3, -0.25) is 9.59 Å². The minimum absolute atomic E-state index is 0.0606. The van der Waals surface area contributed by atoms with Gasteiger partial charge >= 0.3 is 0 Å². The largest absolute Gasteiger partial charge is 0.376 e. The van der Waals surface area contributed by atoms with Crippen molar-refractivity contribution in [3.63, 3.8) is 0 Å². The Labute approximate surface area is 165 Å². The van der Waals surface area contributed by atoms with Crippen LogP contribution in [0.5, 0.6) is 0 Å². The molecule has 0 saturated heterocycles. The first-order chi connectivity index (χ1) is 13.6.